The first-order chi connectivity index (χ1) is 10.3. The number of amidine groups is 1. The van der Waals surface area contributed by atoms with Crippen LogP contribution in [0.1, 0.15) is 6.42 Å². The van der Waals surface area contributed by atoms with Gasteiger partial charge in [-0.05, 0) is 18.2 Å². The van der Waals surface area contributed by atoms with Gasteiger partial charge >= 0.3 is 0 Å². The maximum Gasteiger partial charge on any atom is 0.262 e. The highest BCUT2D eigenvalue weighted by molar-refractivity contribution is 8.15. The molecule has 2 amide bonds. The molecule has 10 heteroatoms. The number of nitrogens with two attached hydrogens (primary N) is 2. The highest BCUT2D eigenvalue weighted by Gasteiger charge is 2.30. The van der Waals surface area contributed by atoms with Crippen molar-refractivity contribution in [3.05, 3.63) is 28.2 Å². The molecule has 7 nitrogen and oxygen atoms in total. The Kier molecular flexibility index (Phi) is 5.28. The fourth-order valence-electron chi connectivity index (χ4n) is 1.62. The number of carbonyl (C=O) groups excluding carboxylic acids is 2. The Bertz CT molecular complexity index is 688. The number of halogens is 2. The smallest absolute Gasteiger partial charge is 0.262 e. The molecule has 1 aliphatic heterocycles. The number of nitrogens with zero attached hydrogens (tertiary/aromatic N) is 2. The van der Waals surface area contributed by atoms with Crippen molar-refractivity contribution < 1.29 is 9.59 Å². The maximum atomic E-state index is 12.0. The third-order valence-electron chi connectivity index (χ3n) is 2.53. The number of amides is 2. The van der Waals surface area contributed by atoms with Crippen molar-refractivity contribution >= 4 is 63.6 Å². The van der Waals surface area contributed by atoms with Gasteiger partial charge in [0.25, 0.3) is 5.91 Å². The molecular weight excluding hydrogens is 349 g/mol. The topological polar surface area (TPSA) is 123 Å². The normalized spacial score (nSPS) is 17.1. The van der Waals surface area contributed by atoms with Crippen LogP contribution in [0, 0.1) is 0 Å². The van der Waals surface area contributed by atoms with Crippen molar-refractivity contribution in [2.45, 2.75) is 11.7 Å². The zero-order chi connectivity index (χ0) is 16.3. The summed E-state index contributed by atoms with van der Waals surface area (Å²) in [5.74, 6) is -1.03. The number of anilines is 1. The van der Waals surface area contributed by atoms with E-state index in [0.29, 0.717) is 15.7 Å². The van der Waals surface area contributed by atoms with E-state index >= 15 is 0 Å². The van der Waals surface area contributed by atoms with Gasteiger partial charge in [0.2, 0.25) is 5.91 Å². The minimum atomic E-state index is -0.663. The fourth-order valence-corrected chi connectivity index (χ4v) is 3.02. The molecule has 0 bridgehead atoms. The van der Waals surface area contributed by atoms with E-state index in [-0.39, 0.29) is 23.5 Å². The molecule has 0 radical (unpaired) electrons. The van der Waals surface area contributed by atoms with E-state index in [1.807, 2.05) is 0 Å². The van der Waals surface area contributed by atoms with Gasteiger partial charge in [-0.1, -0.05) is 35.0 Å². The summed E-state index contributed by atoms with van der Waals surface area (Å²) in [6, 6.07) is 4.68. The van der Waals surface area contributed by atoms with Crippen LogP contribution < -0.4 is 16.8 Å². The molecule has 1 atom stereocenters. The lowest BCUT2D eigenvalue weighted by Gasteiger charge is -2.09. The van der Waals surface area contributed by atoms with E-state index < -0.39 is 11.2 Å². The van der Waals surface area contributed by atoms with Crippen LogP contribution in [0.2, 0.25) is 10.0 Å². The molecule has 0 spiro atoms. The summed E-state index contributed by atoms with van der Waals surface area (Å²) in [4.78, 5) is 31.0. The Morgan fingerprint density at radius 2 is 2.14 bits per heavy atom. The molecule has 1 aromatic rings. The molecule has 0 aliphatic carbocycles. The molecule has 2 rings (SSSR count). The molecule has 0 fully saturated rings. The molecule has 22 heavy (non-hydrogen) atoms. The Hall–Kier alpha value is -1.77. The monoisotopic (exact) mass is 359 g/mol. The second-order valence-corrected chi connectivity index (χ2v) is 6.27. The van der Waals surface area contributed by atoms with Crippen LogP contribution in [0.25, 0.3) is 0 Å². The SMILES string of the molecule is NC(N)=NC1=NC(=O)C(CC(=O)Nc2ccc(Cl)cc2Cl)S1. The zero-order valence-corrected chi connectivity index (χ0v) is 13.4. The number of thioether (sulfide) groups is 1. The van der Waals surface area contributed by atoms with E-state index in [1.54, 1.807) is 12.1 Å². The van der Waals surface area contributed by atoms with Crippen molar-refractivity contribution in [2.24, 2.45) is 21.5 Å². The summed E-state index contributed by atoms with van der Waals surface area (Å²) in [5, 5.41) is 2.86. The van der Waals surface area contributed by atoms with Gasteiger partial charge in [-0.2, -0.15) is 9.98 Å². The van der Waals surface area contributed by atoms with Crippen LogP contribution in [-0.4, -0.2) is 28.2 Å². The Morgan fingerprint density at radius 3 is 2.77 bits per heavy atom. The molecule has 1 unspecified atom stereocenters. The highest BCUT2D eigenvalue weighted by atomic mass is 35.5. The predicted octanol–water partition coefficient (Wildman–Crippen LogP) is 1.59. The first-order valence-corrected chi connectivity index (χ1v) is 7.62. The molecule has 1 heterocycles. The van der Waals surface area contributed by atoms with E-state index in [0.717, 1.165) is 11.8 Å². The van der Waals surface area contributed by atoms with Crippen LogP contribution in [0.5, 0.6) is 0 Å². The number of hydrogen-bond acceptors (Lipinski definition) is 4. The first kappa shape index (κ1) is 16.6. The molecule has 1 aromatic carbocycles. The lowest BCUT2D eigenvalue weighted by Crippen LogP contribution is -2.23. The predicted molar refractivity (Wildman–Crippen MR) is 89.3 cm³/mol. The summed E-state index contributed by atoms with van der Waals surface area (Å²) < 4.78 is 0. The quantitative estimate of drug-likeness (QED) is 0.558. The average molecular weight is 360 g/mol. The van der Waals surface area contributed by atoms with E-state index in [4.69, 9.17) is 34.7 Å². The molecular formula is C12H11Cl2N5O2S. The van der Waals surface area contributed by atoms with E-state index in [2.05, 4.69) is 15.3 Å². The van der Waals surface area contributed by atoms with Gasteiger partial charge in [-0.15, -0.1) is 0 Å². The number of hydrogen-bond donors (Lipinski definition) is 3. The largest absolute Gasteiger partial charge is 0.370 e. The standard InChI is InChI=1S/C12H11Cl2N5O2S/c13-5-1-2-7(6(14)3-5)17-9(20)4-8-10(21)18-12(22-8)19-11(15)16/h1-3,8H,4H2,(H,17,20)(H4,15,16,18,19,21). The summed E-state index contributed by atoms with van der Waals surface area (Å²) in [7, 11) is 0. The number of carbonyl (C=O) groups is 2. The second kappa shape index (κ2) is 6.99. The van der Waals surface area contributed by atoms with Crippen molar-refractivity contribution in [3.8, 4) is 0 Å². The minimum Gasteiger partial charge on any atom is -0.370 e. The fraction of sp³-hybridized carbons (Fsp3) is 0.167. The third kappa shape index (κ3) is 4.36. The molecule has 0 saturated carbocycles. The van der Waals surface area contributed by atoms with Crippen LogP contribution in [-0.2, 0) is 9.59 Å². The number of nitrogens with one attached hydrogen (secondary N) is 1. The van der Waals surface area contributed by atoms with Gasteiger partial charge in [-0.3, -0.25) is 9.59 Å². The Morgan fingerprint density at radius 1 is 1.41 bits per heavy atom. The summed E-state index contributed by atoms with van der Waals surface area (Å²) in [6.07, 6.45) is -0.0740. The van der Waals surface area contributed by atoms with Gasteiger partial charge in [0.15, 0.2) is 11.1 Å². The number of guanidine groups is 1. The van der Waals surface area contributed by atoms with Gasteiger partial charge in [0.1, 0.15) is 5.25 Å². The van der Waals surface area contributed by atoms with Crippen LogP contribution in [0.4, 0.5) is 5.69 Å². The van der Waals surface area contributed by atoms with Crippen LogP contribution in [0.15, 0.2) is 28.2 Å². The summed E-state index contributed by atoms with van der Waals surface area (Å²) >= 11 is 12.8. The van der Waals surface area contributed by atoms with Crippen LogP contribution in [0.3, 0.4) is 0 Å². The molecule has 0 saturated heterocycles. The third-order valence-corrected chi connectivity index (χ3v) is 4.12. The molecule has 5 N–H and O–H groups in total. The van der Waals surface area contributed by atoms with Crippen molar-refractivity contribution in [1.82, 2.24) is 0 Å². The van der Waals surface area contributed by atoms with Crippen molar-refractivity contribution in [1.29, 1.82) is 0 Å². The maximum absolute atomic E-state index is 12.0. The van der Waals surface area contributed by atoms with Gasteiger partial charge < -0.3 is 16.8 Å². The van der Waals surface area contributed by atoms with Gasteiger partial charge in [0.05, 0.1) is 10.7 Å². The van der Waals surface area contributed by atoms with Crippen LogP contribution >= 0.6 is 35.0 Å². The minimum absolute atomic E-state index is 0.0740. The number of rotatable bonds is 3. The average Bonchev–Trinajstić information content (AvgIpc) is 2.72. The van der Waals surface area contributed by atoms with E-state index in [9.17, 15) is 9.59 Å². The molecule has 116 valence electrons. The van der Waals surface area contributed by atoms with Gasteiger partial charge in [0, 0.05) is 11.4 Å². The Labute approximate surface area is 140 Å². The first-order valence-electron chi connectivity index (χ1n) is 5.99. The Balaban J connectivity index is 1.96. The summed E-state index contributed by atoms with van der Waals surface area (Å²) in [5.41, 5.74) is 10.8. The lowest BCUT2D eigenvalue weighted by atomic mass is 10.2. The molecule has 1 aliphatic rings. The number of aliphatic imine (C=N–C) groups is 2. The highest BCUT2D eigenvalue weighted by Crippen LogP contribution is 2.28. The van der Waals surface area contributed by atoms with Crippen molar-refractivity contribution in [3.63, 3.8) is 0 Å². The lowest BCUT2D eigenvalue weighted by molar-refractivity contribution is -0.121. The summed E-state index contributed by atoms with van der Waals surface area (Å²) in [6.45, 7) is 0. The van der Waals surface area contributed by atoms with E-state index in [1.165, 1.54) is 6.07 Å². The molecule has 0 aromatic heterocycles. The van der Waals surface area contributed by atoms with Crippen molar-refractivity contribution in [2.75, 3.05) is 5.32 Å². The van der Waals surface area contributed by atoms with Gasteiger partial charge in [-0.25, -0.2) is 0 Å². The number of benzene rings is 1. The zero-order valence-electron chi connectivity index (χ0n) is 11.0. The second-order valence-electron chi connectivity index (χ2n) is 4.25.